The number of nitrogens with zero attached hydrogens (tertiary/aromatic N) is 1. The average Bonchev–Trinajstić information content (AvgIpc) is 2.38. The molecule has 1 aromatic carbocycles. The molecule has 0 spiro atoms. The lowest BCUT2D eigenvalue weighted by Crippen LogP contribution is -2.20. The molecule has 2 rings (SSSR count). The van der Waals surface area contributed by atoms with Gasteiger partial charge in [-0.25, -0.2) is 4.98 Å². The molecule has 0 saturated carbocycles. The Balaban J connectivity index is 2.12. The number of rotatable bonds is 2. The molecule has 1 amide bonds. The molecule has 1 N–H and O–H groups in total. The van der Waals surface area contributed by atoms with Crippen LogP contribution in [0.15, 0.2) is 36.5 Å². The number of amides is 1. The first-order chi connectivity index (χ1) is 8.77. The van der Waals surface area contributed by atoms with E-state index in [1.807, 2.05) is 30.3 Å². The summed E-state index contributed by atoms with van der Waals surface area (Å²) in [6, 6.07) is 10.0. The minimum Gasteiger partial charge on any atom is -0.355 e. The first kappa shape index (κ1) is 12.1. The molecule has 2 aromatic rings. The smallest absolute Gasteiger partial charge is 0.216 e. The topological polar surface area (TPSA) is 42.0 Å². The second-order valence-corrected chi connectivity index (χ2v) is 3.92. The van der Waals surface area contributed by atoms with Crippen LogP contribution >= 0.6 is 0 Å². The molecule has 3 heteroatoms. The van der Waals surface area contributed by atoms with Crippen molar-refractivity contribution in [1.82, 2.24) is 10.3 Å². The van der Waals surface area contributed by atoms with Crippen molar-refractivity contribution in [2.24, 2.45) is 0 Å². The summed E-state index contributed by atoms with van der Waals surface area (Å²) >= 11 is 0. The van der Waals surface area contributed by atoms with Crippen molar-refractivity contribution in [3.63, 3.8) is 0 Å². The SMILES string of the molecule is CC(=O)NCCC#Cc1nccc2ccccc12. The fraction of sp³-hybridized carbons (Fsp3) is 0.200. The fourth-order valence-corrected chi connectivity index (χ4v) is 1.67. The van der Waals surface area contributed by atoms with Crippen LogP contribution in [0.2, 0.25) is 0 Å². The minimum atomic E-state index is -0.0277. The van der Waals surface area contributed by atoms with Crippen LogP contribution in [-0.2, 0) is 4.79 Å². The molecular formula is C15H14N2O. The van der Waals surface area contributed by atoms with E-state index >= 15 is 0 Å². The molecule has 3 nitrogen and oxygen atoms in total. The van der Waals surface area contributed by atoms with E-state index in [2.05, 4.69) is 22.1 Å². The number of hydrogen-bond acceptors (Lipinski definition) is 2. The molecule has 0 aliphatic carbocycles. The highest BCUT2D eigenvalue weighted by atomic mass is 16.1. The average molecular weight is 238 g/mol. The predicted molar refractivity (Wildman–Crippen MR) is 71.9 cm³/mol. The number of carbonyl (C=O) groups is 1. The molecule has 0 radical (unpaired) electrons. The largest absolute Gasteiger partial charge is 0.355 e. The van der Waals surface area contributed by atoms with Gasteiger partial charge in [0.25, 0.3) is 0 Å². The van der Waals surface area contributed by atoms with Crippen LogP contribution in [0, 0.1) is 11.8 Å². The van der Waals surface area contributed by atoms with Gasteiger partial charge in [0, 0.05) is 31.5 Å². The van der Waals surface area contributed by atoms with Gasteiger partial charge < -0.3 is 5.32 Å². The summed E-state index contributed by atoms with van der Waals surface area (Å²) in [5.41, 5.74) is 0.788. The van der Waals surface area contributed by atoms with E-state index < -0.39 is 0 Å². The molecule has 18 heavy (non-hydrogen) atoms. The summed E-state index contributed by atoms with van der Waals surface area (Å²) in [7, 11) is 0. The summed E-state index contributed by atoms with van der Waals surface area (Å²) < 4.78 is 0. The molecule has 0 unspecified atom stereocenters. The van der Waals surface area contributed by atoms with Crippen molar-refractivity contribution < 1.29 is 4.79 Å². The van der Waals surface area contributed by atoms with Crippen LogP contribution in [-0.4, -0.2) is 17.4 Å². The highest BCUT2D eigenvalue weighted by Crippen LogP contribution is 2.14. The van der Waals surface area contributed by atoms with E-state index in [0.29, 0.717) is 13.0 Å². The van der Waals surface area contributed by atoms with Gasteiger partial charge in [-0.15, -0.1) is 0 Å². The monoisotopic (exact) mass is 238 g/mol. The molecule has 1 heterocycles. The lowest BCUT2D eigenvalue weighted by molar-refractivity contribution is -0.118. The highest BCUT2D eigenvalue weighted by molar-refractivity contribution is 5.86. The molecular weight excluding hydrogens is 224 g/mol. The van der Waals surface area contributed by atoms with Crippen LogP contribution in [0.1, 0.15) is 19.0 Å². The standard InChI is InChI=1S/C15H14N2O/c1-12(18)16-10-5-4-8-15-14-7-3-2-6-13(14)9-11-17-15/h2-3,6-7,9,11H,5,10H2,1H3,(H,16,18). The molecule has 0 aliphatic rings. The Bertz CT molecular complexity index is 618. The maximum Gasteiger partial charge on any atom is 0.216 e. The van der Waals surface area contributed by atoms with E-state index in [1.54, 1.807) is 6.20 Å². The Morgan fingerprint density at radius 3 is 3.00 bits per heavy atom. The second kappa shape index (κ2) is 5.83. The van der Waals surface area contributed by atoms with Crippen molar-refractivity contribution in [2.75, 3.05) is 6.54 Å². The number of hydrogen-bond donors (Lipinski definition) is 1. The first-order valence-corrected chi connectivity index (χ1v) is 5.84. The van der Waals surface area contributed by atoms with Gasteiger partial charge in [0.05, 0.1) is 0 Å². The Labute approximate surface area is 106 Å². The first-order valence-electron chi connectivity index (χ1n) is 5.84. The summed E-state index contributed by atoms with van der Waals surface area (Å²) in [5.74, 6) is 6.04. The number of nitrogens with one attached hydrogen (secondary N) is 1. The number of fused-ring (bicyclic) bond motifs is 1. The van der Waals surface area contributed by atoms with Crippen molar-refractivity contribution in [2.45, 2.75) is 13.3 Å². The zero-order valence-electron chi connectivity index (χ0n) is 10.2. The van der Waals surface area contributed by atoms with Gasteiger partial charge in [-0.1, -0.05) is 30.2 Å². The van der Waals surface area contributed by atoms with Crippen molar-refractivity contribution in [3.05, 3.63) is 42.2 Å². The lowest BCUT2D eigenvalue weighted by Gasteiger charge is -1.98. The molecule has 0 fully saturated rings. The van der Waals surface area contributed by atoms with Crippen molar-refractivity contribution in [1.29, 1.82) is 0 Å². The van der Waals surface area contributed by atoms with Crippen molar-refractivity contribution >= 4 is 16.7 Å². The van der Waals surface area contributed by atoms with Crippen LogP contribution in [0.4, 0.5) is 0 Å². The van der Waals surface area contributed by atoms with Gasteiger partial charge in [0.15, 0.2) is 0 Å². The van der Waals surface area contributed by atoms with E-state index in [1.165, 1.54) is 6.92 Å². The molecule has 0 saturated heterocycles. The minimum absolute atomic E-state index is 0.0277. The molecule has 90 valence electrons. The van der Waals surface area contributed by atoms with Crippen molar-refractivity contribution in [3.8, 4) is 11.8 Å². The van der Waals surface area contributed by atoms with Gasteiger partial charge >= 0.3 is 0 Å². The van der Waals surface area contributed by atoms with Crippen LogP contribution < -0.4 is 5.32 Å². The maximum absolute atomic E-state index is 10.7. The van der Waals surface area contributed by atoms with Gasteiger partial charge in [0.1, 0.15) is 5.69 Å². The van der Waals surface area contributed by atoms with E-state index in [-0.39, 0.29) is 5.91 Å². The zero-order valence-corrected chi connectivity index (χ0v) is 10.2. The Morgan fingerprint density at radius 2 is 2.17 bits per heavy atom. The number of carbonyl (C=O) groups excluding carboxylic acids is 1. The number of benzene rings is 1. The quantitative estimate of drug-likeness (QED) is 0.643. The van der Waals surface area contributed by atoms with Gasteiger partial charge in [-0.2, -0.15) is 0 Å². The van der Waals surface area contributed by atoms with Crippen LogP contribution in [0.25, 0.3) is 10.8 Å². The Morgan fingerprint density at radius 1 is 1.33 bits per heavy atom. The van der Waals surface area contributed by atoms with E-state index in [4.69, 9.17) is 0 Å². The van der Waals surface area contributed by atoms with Gasteiger partial charge in [-0.3, -0.25) is 4.79 Å². The molecule has 0 bridgehead atoms. The molecule has 1 aromatic heterocycles. The summed E-state index contributed by atoms with van der Waals surface area (Å²) in [6.07, 6.45) is 2.39. The fourth-order valence-electron chi connectivity index (χ4n) is 1.67. The van der Waals surface area contributed by atoms with Crippen LogP contribution in [0.3, 0.4) is 0 Å². The highest BCUT2D eigenvalue weighted by Gasteiger charge is 1.97. The van der Waals surface area contributed by atoms with Gasteiger partial charge in [0.2, 0.25) is 5.91 Å². The zero-order chi connectivity index (χ0) is 12.8. The number of aromatic nitrogens is 1. The Hall–Kier alpha value is -2.34. The third-order valence-corrected chi connectivity index (χ3v) is 2.50. The molecule has 0 atom stereocenters. The van der Waals surface area contributed by atoms with Gasteiger partial charge in [-0.05, 0) is 17.4 Å². The Kier molecular flexibility index (Phi) is 3.93. The summed E-state index contributed by atoms with van der Waals surface area (Å²) in [4.78, 5) is 15.0. The number of pyridine rings is 1. The van der Waals surface area contributed by atoms with Crippen LogP contribution in [0.5, 0.6) is 0 Å². The summed E-state index contributed by atoms with van der Waals surface area (Å²) in [6.45, 7) is 2.08. The second-order valence-electron chi connectivity index (χ2n) is 3.92. The third-order valence-electron chi connectivity index (χ3n) is 2.50. The lowest BCUT2D eigenvalue weighted by atomic mass is 10.1. The van der Waals surface area contributed by atoms with E-state index in [9.17, 15) is 4.79 Å². The summed E-state index contributed by atoms with van der Waals surface area (Å²) in [5, 5.41) is 4.91. The van der Waals surface area contributed by atoms with E-state index in [0.717, 1.165) is 16.5 Å². The predicted octanol–water partition coefficient (Wildman–Crippen LogP) is 2.11. The normalized spacial score (nSPS) is 9.61. The maximum atomic E-state index is 10.7. The molecule has 0 aliphatic heterocycles. The third kappa shape index (κ3) is 3.08.